The largest absolute Gasteiger partial charge is 0.469 e. The molecule has 0 aliphatic carbocycles. The summed E-state index contributed by atoms with van der Waals surface area (Å²) in [5.74, 6) is -0.258. The average Bonchev–Trinajstić information content (AvgIpc) is 2.37. The fraction of sp³-hybridized carbons (Fsp3) is 0.455. The number of amides is 1. The summed E-state index contributed by atoms with van der Waals surface area (Å²) in [6.07, 6.45) is 3.34. The molecule has 0 aliphatic rings. The number of hydrogen-bond donors (Lipinski definition) is 1. The number of likely N-dealkylation sites (N-methyl/N-ethyl adjacent to an activating group) is 1. The summed E-state index contributed by atoms with van der Waals surface area (Å²) in [5.41, 5.74) is 0. The Hall–Kier alpha value is -2.02. The van der Waals surface area contributed by atoms with Crippen molar-refractivity contribution in [2.75, 3.05) is 32.6 Å². The van der Waals surface area contributed by atoms with Gasteiger partial charge in [-0.15, -0.1) is 0 Å². The molecule has 18 heavy (non-hydrogen) atoms. The van der Waals surface area contributed by atoms with Gasteiger partial charge in [0.15, 0.2) is 0 Å². The van der Waals surface area contributed by atoms with Crippen LogP contribution in [0.3, 0.4) is 0 Å². The second kappa shape index (κ2) is 7.33. The molecule has 0 radical (unpaired) electrons. The number of anilines is 1. The minimum atomic E-state index is -0.298. The van der Waals surface area contributed by atoms with Crippen molar-refractivity contribution in [3.8, 4) is 0 Å². The maximum Gasteiger partial charge on any atom is 0.306 e. The molecule has 0 fully saturated rings. The quantitative estimate of drug-likeness (QED) is 0.712. The van der Waals surface area contributed by atoms with Crippen molar-refractivity contribution in [1.82, 2.24) is 14.9 Å². The van der Waals surface area contributed by atoms with Crippen molar-refractivity contribution in [2.24, 2.45) is 0 Å². The summed E-state index contributed by atoms with van der Waals surface area (Å²) < 4.78 is 4.52. The number of hydrogen-bond acceptors (Lipinski definition) is 6. The zero-order chi connectivity index (χ0) is 13.4. The first-order valence-electron chi connectivity index (χ1n) is 5.44. The second-order valence-corrected chi connectivity index (χ2v) is 3.68. The molecule has 1 N–H and O–H groups in total. The van der Waals surface area contributed by atoms with Crippen molar-refractivity contribution in [1.29, 1.82) is 0 Å². The van der Waals surface area contributed by atoms with Crippen LogP contribution in [0, 0.1) is 0 Å². The van der Waals surface area contributed by atoms with E-state index in [1.165, 1.54) is 7.11 Å². The smallest absolute Gasteiger partial charge is 0.306 e. The van der Waals surface area contributed by atoms with E-state index in [4.69, 9.17) is 0 Å². The highest BCUT2D eigenvalue weighted by Crippen LogP contribution is 1.95. The number of ether oxygens (including phenoxy) is 1. The average molecular weight is 252 g/mol. The van der Waals surface area contributed by atoms with E-state index >= 15 is 0 Å². The van der Waals surface area contributed by atoms with E-state index in [1.54, 1.807) is 30.4 Å². The summed E-state index contributed by atoms with van der Waals surface area (Å²) in [7, 11) is 3.08. The highest BCUT2D eigenvalue weighted by molar-refractivity contribution is 5.90. The summed E-state index contributed by atoms with van der Waals surface area (Å²) in [5, 5.41) is 2.56. The molecule has 0 bridgehead atoms. The SMILES string of the molecule is COC(=O)CCN(C)CC(=O)Nc1ncccn1. The van der Waals surface area contributed by atoms with E-state index in [0.29, 0.717) is 6.54 Å². The first-order chi connectivity index (χ1) is 8.61. The van der Waals surface area contributed by atoms with E-state index in [-0.39, 0.29) is 30.8 Å². The minimum absolute atomic E-state index is 0.162. The number of esters is 1. The van der Waals surface area contributed by atoms with Gasteiger partial charge in [-0.1, -0.05) is 0 Å². The molecule has 7 heteroatoms. The Kier molecular flexibility index (Phi) is 5.72. The fourth-order valence-electron chi connectivity index (χ4n) is 1.24. The van der Waals surface area contributed by atoms with E-state index in [9.17, 15) is 9.59 Å². The third-order valence-electron chi connectivity index (χ3n) is 2.16. The van der Waals surface area contributed by atoms with Crippen LogP contribution in [0.2, 0.25) is 0 Å². The molecule has 0 saturated carbocycles. The van der Waals surface area contributed by atoms with Gasteiger partial charge in [0.25, 0.3) is 0 Å². The van der Waals surface area contributed by atoms with Crippen LogP contribution in [0.15, 0.2) is 18.5 Å². The number of rotatable bonds is 6. The zero-order valence-corrected chi connectivity index (χ0v) is 10.4. The normalized spacial score (nSPS) is 10.2. The van der Waals surface area contributed by atoms with Crippen molar-refractivity contribution in [3.63, 3.8) is 0 Å². The second-order valence-electron chi connectivity index (χ2n) is 3.68. The topological polar surface area (TPSA) is 84.4 Å². The lowest BCUT2D eigenvalue weighted by atomic mass is 10.4. The van der Waals surface area contributed by atoms with Gasteiger partial charge in [0.1, 0.15) is 0 Å². The van der Waals surface area contributed by atoms with E-state index in [1.807, 2.05) is 0 Å². The Morgan fingerprint density at radius 3 is 2.67 bits per heavy atom. The van der Waals surface area contributed by atoms with Crippen molar-refractivity contribution in [2.45, 2.75) is 6.42 Å². The molecule has 1 rings (SSSR count). The number of methoxy groups -OCH3 is 1. The van der Waals surface area contributed by atoms with Gasteiger partial charge in [-0.05, 0) is 13.1 Å². The predicted molar refractivity (Wildman–Crippen MR) is 64.8 cm³/mol. The number of carbonyl (C=O) groups excluding carboxylic acids is 2. The summed E-state index contributed by atoms with van der Waals surface area (Å²) in [6, 6.07) is 1.66. The van der Waals surface area contributed by atoms with Crippen LogP contribution in [0.4, 0.5) is 5.95 Å². The summed E-state index contributed by atoms with van der Waals surface area (Å²) in [6.45, 7) is 0.616. The Bertz CT molecular complexity index is 397. The van der Waals surface area contributed by atoms with Crippen LogP contribution in [-0.2, 0) is 14.3 Å². The van der Waals surface area contributed by atoms with Gasteiger partial charge in [-0.3, -0.25) is 19.8 Å². The summed E-state index contributed by atoms with van der Waals surface area (Å²) >= 11 is 0. The molecule has 0 atom stereocenters. The van der Waals surface area contributed by atoms with E-state index in [2.05, 4.69) is 20.0 Å². The maximum absolute atomic E-state index is 11.6. The van der Waals surface area contributed by atoms with E-state index in [0.717, 1.165) is 0 Å². The monoisotopic (exact) mass is 252 g/mol. The highest BCUT2D eigenvalue weighted by atomic mass is 16.5. The molecule has 0 unspecified atom stereocenters. The maximum atomic E-state index is 11.6. The van der Waals surface area contributed by atoms with Gasteiger partial charge < -0.3 is 4.74 Å². The summed E-state index contributed by atoms with van der Waals surface area (Å²) in [4.78, 5) is 32.0. The Morgan fingerprint density at radius 2 is 2.06 bits per heavy atom. The van der Waals surface area contributed by atoms with Crippen LogP contribution in [-0.4, -0.2) is 54.0 Å². The Balaban J connectivity index is 2.29. The van der Waals surface area contributed by atoms with Crippen LogP contribution in [0.1, 0.15) is 6.42 Å². The van der Waals surface area contributed by atoms with E-state index < -0.39 is 0 Å². The van der Waals surface area contributed by atoms with Gasteiger partial charge >= 0.3 is 5.97 Å². The van der Waals surface area contributed by atoms with Crippen molar-refractivity contribution < 1.29 is 14.3 Å². The highest BCUT2D eigenvalue weighted by Gasteiger charge is 2.09. The van der Waals surface area contributed by atoms with Gasteiger partial charge in [-0.25, -0.2) is 9.97 Å². The molecule has 98 valence electrons. The molecule has 1 heterocycles. The molecule has 1 aromatic heterocycles. The van der Waals surface area contributed by atoms with Crippen LogP contribution < -0.4 is 5.32 Å². The molecule has 0 aromatic carbocycles. The zero-order valence-electron chi connectivity index (χ0n) is 10.4. The predicted octanol–water partition coefficient (Wildman–Crippen LogP) is -0.0900. The van der Waals surface area contributed by atoms with Crippen molar-refractivity contribution >= 4 is 17.8 Å². The van der Waals surface area contributed by atoms with Gasteiger partial charge in [0.2, 0.25) is 11.9 Å². The van der Waals surface area contributed by atoms with Gasteiger partial charge in [0, 0.05) is 18.9 Å². The third kappa shape index (κ3) is 5.35. The molecule has 0 saturated heterocycles. The number of nitrogens with zero attached hydrogens (tertiary/aromatic N) is 3. The number of aromatic nitrogens is 2. The lowest BCUT2D eigenvalue weighted by Crippen LogP contribution is -2.32. The first kappa shape index (κ1) is 14.0. The molecule has 7 nitrogen and oxygen atoms in total. The van der Waals surface area contributed by atoms with Crippen molar-refractivity contribution in [3.05, 3.63) is 18.5 Å². The number of carbonyl (C=O) groups is 2. The van der Waals surface area contributed by atoms with Crippen LogP contribution >= 0.6 is 0 Å². The Morgan fingerprint density at radius 1 is 1.39 bits per heavy atom. The van der Waals surface area contributed by atoms with Crippen LogP contribution in [0.5, 0.6) is 0 Å². The van der Waals surface area contributed by atoms with Gasteiger partial charge in [-0.2, -0.15) is 0 Å². The molecule has 0 aliphatic heterocycles. The first-order valence-corrected chi connectivity index (χ1v) is 5.44. The molecule has 1 amide bonds. The third-order valence-corrected chi connectivity index (χ3v) is 2.16. The fourth-order valence-corrected chi connectivity index (χ4v) is 1.24. The molecule has 0 spiro atoms. The lowest BCUT2D eigenvalue weighted by Gasteiger charge is -2.14. The molecular weight excluding hydrogens is 236 g/mol. The standard InChI is InChI=1S/C11H16N4O3/c1-15(7-4-10(17)18-2)8-9(16)14-11-12-5-3-6-13-11/h3,5-6H,4,7-8H2,1-2H3,(H,12,13,14,16). The Labute approximate surface area is 105 Å². The molecular formula is C11H16N4O3. The van der Waals surface area contributed by atoms with Crippen LogP contribution in [0.25, 0.3) is 0 Å². The van der Waals surface area contributed by atoms with Gasteiger partial charge in [0.05, 0.1) is 20.1 Å². The lowest BCUT2D eigenvalue weighted by molar-refractivity contribution is -0.141. The number of nitrogens with one attached hydrogen (secondary N) is 1. The molecule has 1 aromatic rings. The minimum Gasteiger partial charge on any atom is -0.469 e.